The van der Waals surface area contributed by atoms with E-state index in [-0.39, 0.29) is 10.3 Å². The van der Waals surface area contributed by atoms with Crippen LogP contribution >= 0.6 is 22.9 Å². The van der Waals surface area contributed by atoms with E-state index in [0.29, 0.717) is 10.9 Å². The van der Waals surface area contributed by atoms with E-state index in [0.717, 1.165) is 30.7 Å². The van der Waals surface area contributed by atoms with Crippen LogP contribution in [0.3, 0.4) is 0 Å². The fourth-order valence-electron chi connectivity index (χ4n) is 1.67. The Bertz CT molecular complexity index is 452. The molecule has 0 bridgehead atoms. The minimum Gasteiger partial charge on any atom is -0.315 e. The van der Waals surface area contributed by atoms with Gasteiger partial charge in [0, 0.05) is 12.6 Å². The number of nitrogens with one attached hydrogen (secondary N) is 2. The van der Waals surface area contributed by atoms with Gasteiger partial charge in [0.15, 0.2) is 0 Å². The Balaban J connectivity index is 2.07. The number of piperidine rings is 1. The van der Waals surface area contributed by atoms with E-state index in [2.05, 4.69) is 10.0 Å². The van der Waals surface area contributed by atoms with Crippen molar-refractivity contribution >= 4 is 33.0 Å². The third kappa shape index (κ3) is 2.95. The summed E-state index contributed by atoms with van der Waals surface area (Å²) in [5.41, 5.74) is 0. The van der Waals surface area contributed by atoms with E-state index >= 15 is 0 Å². The van der Waals surface area contributed by atoms with Crippen molar-refractivity contribution in [1.29, 1.82) is 0 Å². The molecule has 0 aromatic carbocycles. The second kappa shape index (κ2) is 5.01. The van der Waals surface area contributed by atoms with Crippen molar-refractivity contribution in [2.45, 2.75) is 23.1 Å². The van der Waals surface area contributed by atoms with Crippen LogP contribution in [0.5, 0.6) is 0 Å². The van der Waals surface area contributed by atoms with E-state index in [1.54, 1.807) is 6.07 Å². The van der Waals surface area contributed by atoms with Crippen LogP contribution in [0.2, 0.25) is 4.34 Å². The molecule has 1 aliphatic rings. The predicted molar refractivity (Wildman–Crippen MR) is 65.5 cm³/mol. The van der Waals surface area contributed by atoms with E-state index in [1.165, 1.54) is 6.07 Å². The number of hydrogen-bond acceptors (Lipinski definition) is 4. The summed E-state index contributed by atoms with van der Waals surface area (Å²) in [5, 5.41) is 3.16. The minimum absolute atomic E-state index is 0.0142. The summed E-state index contributed by atoms with van der Waals surface area (Å²) in [6.07, 6.45) is 1.88. The number of hydrogen-bond donors (Lipinski definition) is 2. The smallest absolute Gasteiger partial charge is 0.250 e. The third-order valence-corrected chi connectivity index (χ3v) is 5.68. The van der Waals surface area contributed by atoms with Crippen molar-refractivity contribution < 1.29 is 8.42 Å². The van der Waals surface area contributed by atoms with Gasteiger partial charge in [0.05, 0.1) is 4.34 Å². The van der Waals surface area contributed by atoms with Gasteiger partial charge in [0.1, 0.15) is 4.21 Å². The molecule has 1 unspecified atom stereocenters. The molecule has 0 radical (unpaired) electrons. The first kappa shape index (κ1) is 12.3. The van der Waals surface area contributed by atoms with Crippen LogP contribution in [0, 0.1) is 0 Å². The van der Waals surface area contributed by atoms with Gasteiger partial charge < -0.3 is 5.32 Å². The summed E-state index contributed by atoms with van der Waals surface area (Å²) in [7, 11) is -3.40. The molecule has 16 heavy (non-hydrogen) atoms. The second-order valence-electron chi connectivity index (χ2n) is 3.72. The van der Waals surface area contributed by atoms with Gasteiger partial charge in [-0.15, -0.1) is 11.3 Å². The van der Waals surface area contributed by atoms with Crippen LogP contribution in [-0.4, -0.2) is 27.5 Å². The highest BCUT2D eigenvalue weighted by Gasteiger charge is 2.22. The van der Waals surface area contributed by atoms with Crippen LogP contribution in [0.15, 0.2) is 16.3 Å². The Morgan fingerprint density at radius 3 is 2.88 bits per heavy atom. The lowest BCUT2D eigenvalue weighted by Gasteiger charge is -2.23. The maximum atomic E-state index is 11.9. The Morgan fingerprint density at radius 1 is 1.50 bits per heavy atom. The quantitative estimate of drug-likeness (QED) is 0.881. The monoisotopic (exact) mass is 280 g/mol. The van der Waals surface area contributed by atoms with Crippen molar-refractivity contribution in [3.05, 3.63) is 16.5 Å². The van der Waals surface area contributed by atoms with Gasteiger partial charge in [0.25, 0.3) is 0 Å². The van der Waals surface area contributed by atoms with Crippen LogP contribution < -0.4 is 10.0 Å². The van der Waals surface area contributed by atoms with E-state index < -0.39 is 10.0 Å². The Kier molecular flexibility index (Phi) is 3.86. The predicted octanol–water partition coefficient (Wildman–Crippen LogP) is 1.43. The van der Waals surface area contributed by atoms with E-state index in [1.807, 2.05) is 0 Å². The minimum atomic E-state index is -3.40. The van der Waals surface area contributed by atoms with Gasteiger partial charge in [-0.05, 0) is 31.5 Å². The van der Waals surface area contributed by atoms with Crippen molar-refractivity contribution in [1.82, 2.24) is 10.0 Å². The summed E-state index contributed by atoms with van der Waals surface area (Å²) in [5.74, 6) is 0. The largest absolute Gasteiger partial charge is 0.315 e. The normalized spacial score (nSPS) is 22.2. The van der Waals surface area contributed by atoms with E-state index in [4.69, 9.17) is 11.6 Å². The zero-order chi connectivity index (χ0) is 11.6. The Morgan fingerprint density at radius 2 is 2.31 bits per heavy atom. The fourth-order valence-corrected chi connectivity index (χ4v) is 4.44. The van der Waals surface area contributed by atoms with Gasteiger partial charge in [0.2, 0.25) is 10.0 Å². The summed E-state index contributed by atoms with van der Waals surface area (Å²) in [6.45, 7) is 1.65. The van der Waals surface area contributed by atoms with Gasteiger partial charge in [-0.2, -0.15) is 0 Å². The molecule has 1 aromatic rings. The number of halogens is 1. The molecular weight excluding hydrogens is 268 g/mol. The molecule has 1 fully saturated rings. The molecule has 0 aliphatic carbocycles. The van der Waals surface area contributed by atoms with Crippen LogP contribution in [0.25, 0.3) is 0 Å². The molecule has 1 aromatic heterocycles. The van der Waals surface area contributed by atoms with Crippen molar-refractivity contribution in [3.8, 4) is 0 Å². The SMILES string of the molecule is O=S(=O)(NC1CCCNC1)c1ccc(Cl)s1. The molecule has 0 amide bonds. The highest BCUT2D eigenvalue weighted by molar-refractivity contribution is 7.91. The zero-order valence-electron chi connectivity index (χ0n) is 8.57. The highest BCUT2D eigenvalue weighted by atomic mass is 35.5. The molecule has 7 heteroatoms. The molecule has 1 aliphatic heterocycles. The number of thiophene rings is 1. The summed E-state index contributed by atoms with van der Waals surface area (Å²) < 4.78 is 27.3. The fraction of sp³-hybridized carbons (Fsp3) is 0.556. The van der Waals surface area contributed by atoms with Crippen molar-refractivity contribution in [2.75, 3.05) is 13.1 Å². The molecule has 0 spiro atoms. The molecule has 2 rings (SSSR count). The molecule has 2 heterocycles. The lowest BCUT2D eigenvalue weighted by Crippen LogP contribution is -2.45. The number of rotatable bonds is 3. The van der Waals surface area contributed by atoms with Crippen LogP contribution in [-0.2, 0) is 10.0 Å². The molecule has 4 nitrogen and oxygen atoms in total. The number of sulfonamides is 1. The Labute approximate surface area is 104 Å². The van der Waals surface area contributed by atoms with E-state index in [9.17, 15) is 8.42 Å². The standard InChI is InChI=1S/C9H13ClN2O2S2/c10-8-3-4-9(15-8)16(13,14)12-7-2-1-5-11-6-7/h3-4,7,11-12H,1-2,5-6H2. The lowest BCUT2D eigenvalue weighted by molar-refractivity contribution is 0.429. The first-order valence-electron chi connectivity index (χ1n) is 5.06. The lowest BCUT2D eigenvalue weighted by atomic mass is 10.1. The van der Waals surface area contributed by atoms with Crippen molar-refractivity contribution in [2.24, 2.45) is 0 Å². The molecule has 0 saturated carbocycles. The highest BCUT2D eigenvalue weighted by Crippen LogP contribution is 2.25. The summed E-state index contributed by atoms with van der Waals surface area (Å²) in [4.78, 5) is 0. The molecule has 1 atom stereocenters. The second-order valence-corrected chi connectivity index (χ2v) is 7.38. The van der Waals surface area contributed by atoms with Gasteiger partial charge in [-0.3, -0.25) is 0 Å². The Hall–Kier alpha value is -0.140. The molecular formula is C9H13ClN2O2S2. The average molecular weight is 281 g/mol. The third-order valence-electron chi connectivity index (χ3n) is 2.43. The first-order valence-corrected chi connectivity index (χ1v) is 7.74. The summed E-state index contributed by atoms with van der Waals surface area (Å²) in [6, 6.07) is 3.12. The van der Waals surface area contributed by atoms with Crippen molar-refractivity contribution in [3.63, 3.8) is 0 Å². The topological polar surface area (TPSA) is 58.2 Å². The van der Waals surface area contributed by atoms with Crippen LogP contribution in [0.1, 0.15) is 12.8 Å². The molecule has 2 N–H and O–H groups in total. The maximum Gasteiger partial charge on any atom is 0.250 e. The molecule has 1 saturated heterocycles. The van der Waals surface area contributed by atoms with Gasteiger partial charge in [-0.1, -0.05) is 11.6 Å². The summed E-state index contributed by atoms with van der Waals surface area (Å²) >= 11 is 6.80. The zero-order valence-corrected chi connectivity index (χ0v) is 11.0. The van der Waals surface area contributed by atoms with Gasteiger partial charge >= 0.3 is 0 Å². The maximum absolute atomic E-state index is 11.9. The average Bonchev–Trinajstić information content (AvgIpc) is 2.66. The molecule has 90 valence electrons. The van der Waals surface area contributed by atoms with Crippen LogP contribution in [0.4, 0.5) is 0 Å². The van der Waals surface area contributed by atoms with Gasteiger partial charge in [-0.25, -0.2) is 13.1 Å². The first-order chi connectivity index (χ1) is 7.58.